The second-order valence-electron chi connectivity index (χ2n) is 5.81. The highest BCUT2D eigenvalue weighted by molar-refractivity contribution is 7.09. The molecule has 24 heavy (non-hydrogen) atoms. The molecule has 0 saturated heterocycles. The van der Waals surface area contributed by atoms with E-state index in [1.165, 1.54) is 18.3 Å². The molecule has 0 fully saturated rings. The molecular formula is C17H22N4O2S. The van der Waals surface area contributed by atoms with Crippen LogP contribution in [-0.4, -0.2) is 16.9 Å². The molecule has 0 bridgehead atoms. The lowest BCUT2D eigenvalue weighted by atomic mass is 10.0. The SMILES string of the molecule is CC[C@@](C)(NC(=O)Nc1cc(NC(C)=O)ccc1C)c1nccs1. The lowest BCUT2D eigenvalue weighted by Crippen LogP contribution is -2.45. The summed E-state index contributed by atoms with van der Waals surface area (Å²) >= 11 is 1.51. The van der Waals surface area contributed by atoms with Crippen LogP contribution in [0.4, 0.5) is 16.2 Å². The van der Waals surface area contributed by atoms with Crippen LogP contribution in [-0.2, 0) is 10.3 Å². The van der Waals surface area contributed by atoms with Gasteiger partial charge in [0.2, 0.25) is 5.91 Å². The molecule has 2 aromatic rings. The molecule has 1 aromatic heterocycles. The summed E-state index contributed by atoms with van der Waals surface area (Å²) in [6, 6.07) is 5.08. The molecule has 0 unspecified atom stereocenters. The number of nitrogens with one attached hydrogen (secondary N) is 3. The maximum atomic E-state index is 12.4. The first kappa shape index (κ1) is 17.9. The molecule has 0 spiro atoms. The number of hydrogen-bond acceptors (Lipinski definition) is 4. The Hall–Kier alpha value is -2.41. The number of nitrogens with zero attached hydrogens (tertiary/aromatic N) is 1. The maximum absolute atomic E-state index is 12.4. The van der Waals surface area contributed by atoms with Crippen LogP contribution in [0.5, 0.6) is 0 Å². The molecule has 2 rings (SSSR count). The molecule has 3 N–H and O–H groups in total. The number of aromatic nitrogens is 1. The molecule has 0 saturated carbocycles. The Kier molecular flexibility index (Phi) is 5.56. The van der Waals surface area contributed by atoms with Gasteiger partial charge in [0, 0.05) is 29.9 Å². The van der Waals surface area contributed by atoms with Crippen molar-refractivity contribution < 1.29 is 9.59 Å². The van der Waals surface area contributed by atoms with Crippen molar-refractivity contribution in [3.05, 3.63) is 40.3 Å². The normalized spacial score (nSPS) is 13.0. The lowest BCUT2D eigenvalue weighted by molar-refractivity contribution is -0.114. The molecule has 0 aliphatic carbocycles. The van der Waals surface area contributed by atoms with Gasteiger partial charge in [-0.2, -0.15) is 0 Å². The highest BCUT2D eigenvalue weighted by Crippen LogP contribution is 2.27. The Morgan fingerprint density at radius 1 is 1.29 bits per heavy atom. The van der Waals surface area contributed by atoms with E-state index < -0.39 is 5.54 Å². The number of urea groups is 1. The Morgan fingerprint density at radius 2 is 2.04 bits per heavy atom. The molecule has 1 heterocycles. The van der Waals surface area contributed by atoms with Crippen LogP contribution in [0.1, 0.15) is 37.8 Å². The first-order valence-corrected chi connectivity index (χ1v) is 8.59. The van der Waals surface area contributed by atoms with Gasteiger partial charge in [-0.3, -0.25) is 4.79 Å². The summed E-state index contributed by atoms with van der Waals surface area (Å²) in [5, 5.41) is 11.3. The summed E-state index contributed by atoms with van der Waals surface area (Å²) in [4.78, 5) is 27.9. The van der Waals surface area contributed by atoms with Crippen molar-refractivity contribution in [3.63, 3.8) is 0 Å². The third kappa shape index (κ3) is 4.32. The van der Waals surface area contributed by atoms with Crippen LogP contribution < -0.4 is 16.0 Å². The molecule has 1 aromatic carbocycles. The lowest BCUT2D eigenvalue weighted by Gasteiger charge is -2.27. The van der Waals surface area contributed by atoms with E-state index in [9.17, 15) is 9.59 Å². The highest BCUT2D eigenvalue weighted by atomic mass is 32.1. The van der Waals surface area contributed by atoms with Gasteiger partial charge in [0.25, 0.3) is 0 Å². The number of hydrogen-bond donors (Lipinski definition) is 3. The fourth-order valence-corrected chi connectivity index (χ4v) is 3.06. The van der Waals surface area contributed by atoms with E-state index in [4.69, 9.17) is 0 Å². The predicted molar refractivity (Wildman–Crippen MR) is 97.4 cm³/mol. The molecule has 0 aliphatic heterocycles. The first-order chi connectivity index (χ1) is 11.3. The second kappa shape index (κ2) is 7.44. The largest absolute Gasteiger partial charge is 0.326 e. The average Bonchev–Trinajstić information content (AvgIpc) is 3.05. The zero-order valence-corrected chi connectivity index (χ0v) is 15.1. The van der Waals surface area contributed by atoms with E-state index in [0.29, 0.717) is 11.4 Å². The summed E-state index contributed by atoms with van der Waals surface area (Å²) < 4.78 is 0. The average molecular weight is 346 g/mol. The number of anilines is 2. The molecular weight excluding hydrogens is 324 g/mol. The minimum absolute atomic E-state index is 0.156. The van der Waals surface area contributed by atoms with Crippen LogP contribution in [0, 0.1) is 6.92 Å². The van der Waals surface area contributed by atoms with Crippen LogP contribution in [0.15, 0.2) is 29.8 Å². The van der Waals surface area contributed by atoms with Crippen molar-refractivity contribution in [2.24, 2.45) is 0 Å². The first-order valence-electron chi connectivity index (χ1n) is 7.71. The zero-order valence-electron chi connectivity index (χ0n) is 14.3. The number of benzene rings is 1. The Morgan fingerprint density at radius 3 is 2.62 bits per heavy atom. The summed E-state index contributed by atoms with van der Waals surface area (Å²) in [5.41, 5.74) is 1.67. The number of rotatable bonds is 5. The van der Waals surface area contributed by atoms with E-state index in [1.807, 2.05) is 32.2 Å². The summed E-state index contributed by atoms with van der Waals surface area (Å²) in [5.74, 6) is -0.156. The second-order valence-corrected chi connectivity index (χ2v) is 6.71. The smallest absolute Gasteiger partial charge is 0.320 e. The number of thiazole rings is 1. The van der Waals surface area contributed by atoms with Crippen molar-refractivity contribution in [2.75, 3.05) is 10.6 Å². The van der Waals surface area contributed by atoms with E-state index >= 15 is 0 Å². The zero-order chi connectivity index (χ0) is 17.7. The van der Waals surface area contributed by atoms with Crippen LogP contribution in [0.2, 0.25) is 0 Å². The molecule has 3 amide bonds. The van der Waals surface area contributed by atoms with Gasteiger partial charge in [0.1, 0.15) is 5.01 Å². The molecule has 1 atom stereocenters. The molecule has 0 aliphatic rings. The van der Waals surface area contributed by atoms with Crippen LogP contribution in [0.3, 0.4) is 0 Å². The third-order valence-corrected chi connectivity index (χ3v) is 4.84. The predicted octanol–water partition coefficient (Wildman–Crippen LogP) is 3.86. The van der Waals surface area contributed by atoms with Crippen LogP contribution >= 0.6 is 11.3 Å². The van der Waals surface area contributed by atoms with E-state index in [1.54, 1.807) is 18.3 Å². The number of aryl methyl sites for hydroxylation is 1. The molecule has 128 valence electrons. The van der Waals surface area contributed by atoms with Crippen LogP contribution in [0.25, 0.3) is 0 Å². The quantitative estimate of drug-likeness (QED) is 0.769. The maximum Gasteiger partial charge on any atom is 0.320 e. The minimum Gasteiger partial charge on any atom is -0.326 e. The molecule has 0 radical (unpaired) electrons. The van der Waals surface area contributed by atoms with E-state index in [-0.39, 0.29) is 11.9 Å². The highest BCUT2D eigenvalue weighted by Gasteiger charge is 2.29. The van der Waals surface area contributed by atoms with Gasteiger partial charge in [0.15, 0.2) is 0 Å². The van der Waals surface area contributed by atoms with Gasteiger partial charge >= 0.3 is 6.03 Å². The molecule has 7 heteroatoms. The van der Waals surface area contributed by atoms with Crippen molar-refractivity contribution in [2.45, 2.75) is 39.7 Å². The van der Waals surface area contributed by atoms with Gasteiger partial charge in [-0.1, -0.05) is 13.0 Å². The van der Waals surface area contributed by atoms with Gasteiger partial charge in [-0.05, 0) is 38.0 Å². The van der Waals surface area contributed by atoms with Gasteiger partial charge in [-0.15, -0.1) is 11.3 Å². The minimum atomic E-state index is -0.526. The topological polar surface area (TPSA) is 83.1 Å². The monoisotopic (exact) mass is 346 g/mol. The van der Waals surface area contributed by atoms with Gasteiger partial charge < -0.3 is 16.0 Å². The summed E-state index contributed by atoms with van der Waals surface area (Å²) in [6.07, 6.45) is 2.45. The number of carbonyl (C=O) groups is 2. The standard InChI is InChI=1S/C17H22N4O2S/c1-5-17(4,15-18-8-9-24-15)21-16(23)20-14-10-13(19-12(3)22)7-6-11(14)2/h6-10H,5H2,1-4H3,(H,19,22)(H2,20,21,23)/t17-/m1/s1. The Bertz CT molecular complexity index is 730. The number of carbonyl (C=O) groups excluding carboxylic acids is 2. The molecule has 6 nitrogen and oxygen atoms in total. The fraction of sp³-hybridized carbons (Fsp3) is 0.353. The van der Waals surface area contributed by atoms with Gasteiger partial charge in [-0.25, -0.2) is 9.78 Å². The van der Waals surface area contributed by atoms with Crippen molar-refractivity contribution >= 4 is 34.6 Å². The summed E-state index contributed by atoms with van der Waals surface area (Å²) in [7, 11) is 0. The Labute approximate surface area is 145 Å². The van der Waals surface area contributed by atoms with E-state index in [0.717, 1.165) is 17.0 Å². The fourth-order valence-electron chi connectivity index (χ4n) is 2.23. The van der Waals surface area contributed by atoms with Crippen molar-refractivity contribution in [1.29, 1.82) is 0 Å². The van der Waals surface area contributed by atoms with Gasteiger partial charge in [0.05, 0.1) is 5.54 Å². The van der Waals surface area contributed by atoms with E-state index in [2.05, 4.69) is 20.9 Å². The Balaban J connectivity index is 2.13. The third-order valence-electron chi connectivity index (χ3n) is 3.81. The number of amides is 3. The van der Waals surface area contributed by atoms with Crippen molar-refractivity contribution in [3.8, 4) is 0 Å². The van der Waals surface area contributed by atoms with Crippen molar-refractivity contribution in [1.82, 2.24) is 10.3 Å². The summed E-state index contributed by atoms with van der Waals surface area (Å²) in [6.45, 7) is 7.30.